The number of hydrogen-bond acceptors (Lipinski definition) is 8. The van der Waals surface area contributed by atoms with E-state index in [2.05, 4.69) is 9.47 Å². The first kappa shape index (κ1) is 34.2. The fourth-order valence-electron chi connectivity index (χ4n) is 5.93. The van der Waals surface area contributed by atoms with Crippen molar-refractivity contribution in [1.29, 1.82) is 31.6 Å². The molecule has 244 valence electrons. The van der Waals surface area contributed by atoms with Crippen molar-refractivity contribution < 1.29 is 44.6 Å². The molecule has 2 aromatic rings. The van der Waals surface area contributed by atoms with Gasteiger partial charge in [0.1, 0.15) is 59.1 Å². The Morgan fingerprint density at radius 2 is 1.14 bits per heavy atom. The number of alkyl halides is 6. The van der Waals surface area contributed by atoms with Crippen LogP contribution in [0.5, 0.6) is 5.75 Å². The molecule has 0 bridgehead atoms. The average molecular weight is 686 g/mol. The molecule has 50 heavy (non-hydrogen) atoms. The van der Waals surface area contributed by atoms with Crippen LogP contribution in [0.15, 0.2) is 65.0 Å². The number of nitriles is 6. The number of fused-ring (bicyclic) bond motifs is 2. The molecule has 2 aromatic carbocycles. The van der Waals surface area contributed by atoms with Gasteiger partial charge in [-0.25, -0.2) is 8.78 Å². The average Bonchev–Trinajstić information content (AvgIpc) is 3.49. The summed E-state index contributed by atoms with van der Waals surface area (Å²) in [5.74, 6) is -4.70. The van der Waals surface area contributed by atoms with E-state index in [4.69, 9.17) is 0 Å². The van der Waals surface area contributed by atoms with Crippen LogP contribution in [0, 0.1) is 68.0 Å². The lowest BCUT2D eigenvalue weighted by molar-refractivity contribution is -0.303. The molecule has 8 nitrogen and oxygen atoms in total. The van der Waals surface area contributed by atoms with E-state index in [1.54, 1.807) is 12.1 Å². The van der Waals surface area contributed by atoms with Crippen LogP contribution in [0.3, 0.4) is 0 Å². The number of allylic oxidation sites excluding steroid dienone is 11. The van der Waals surface area contributed by atoms with Crippen LogP contribution in [-0.2, 0) is 4.74 Å². The Bertz CT molecular complexity index is 2240. The van der Waals surface area contributed by atoms with Gasteiger partial charge in [-0.05, 0) is 59.4 Å². The summed E-state index contributed by atoms with van der Waals surface area (Å²) in [6, 6.07) is 12.6. The summed E-state index contributed by atoms with van der Waals surface area (Å²) in [6.07, 6.45) is -8.99. The highest BCUT2D eigenvalue weighted by Gasteiger charge is 2.45. The molecule has 5 rings (SSSR count). The molecule has 0 atom stereocenters. The fraction of sp³-hybridized carbons (Fsp3) is 0.118. The van der Waals surface area contributed by atoms with Crippen molar-refractivity contribution in [3.05, 3.63) is 92.8 Å². The van der Waals surface area contributed by atoms with Crippen molar-refractivity contribution in [1.82, 2.24) is 0 Å². The van der Waals surface area contributed by atoms with E-state index in [-0.39, 0.29) is 24.0 Å². The van der Waals surface area contributed by atoms with E-state index >= 15 is 8.78 Å². The van der Waals surface area contributed by atoms with Gasteiger partial charge in [0, 0.05) is 33.4 Å². The third kappa shape index (κ3) is 5.69. The van der Waals surface area contributed by atoms with Gasteiger partial charge >= 0.3 is 12.7 Å². The summed E-state index contributed by atoms with van der Waals surface area (Å²) in [5, 5.41) is 59.7. The number of nitrogens with zero attached hydrogens (tertiary/aromatic N) is 6. The highest BCUT2D eigenvalue weighted by molar-refractivity contribution is 6.19. The lowest BCUT2D eigenvalue weighted by Crippen LogP contribution is -2.17. The maximum atomic E-state index is 16.4. The van der Waals surface area contributed by atoms with Gasteiger partial charge in [0.05, 0.1) is 11.1 Å². The van der Waals surface area contributed by atoms with Crippen LogP contribution in [-0.4, -0.2) is 12.7 Å². The topological polar surface area (TPSA) is 161 Å². The van der Waals surface area contributed by atoms with Gasteiger partial charge < -0.3 is 9.47 Å². The number of hydrogen-bond donors (Lipinski definition) is 0. The summed E-state index contributed by atoms with van der Waals surface area (Å²) in [7, 11) is 0. The van der Waals surface area contributed by atoms with E-state index in [0.717, 1.165) is 36.4 Å². The first-order chi connectivity index (χ1) is 23.6. The van der Waals surface area contributed by atoms with Gasteiger partial charge in [-0.15, -0.1) is 26.3 Å². The van der Waals surface area contributed by atoms with Crippen molar-refractivity contribution in [2.24, 2.45) is 0 Å². The minimum absolute atomic E-state index is 0.184. The van der Waals surface area contributed by atoms with E-state index in [1.165, 1.54) is 24.3 Å². The number of rotatable bonds is 4. The molecule has 0 radical (unpaired) electrons. The van der Waals surface area contributed by atoms with Crippen LogP contribution >= 0.6 is 0 Å². The first-order valence-corrected chi connectivity index (χ1v) is 13.6. The van der Waals surface area contributed by atoms with Gasteiger partial charge in [-0.1, -0.05) is 12.1 Å². The third-order valence-electron chi connectivity index (χ3n) is 7.54. The van der Waals surface area contributed by atoms with Crippen LogP contribution in [0.4, 0.5) is 35.1 Å². The lowest BCUT2D eigenvalue weighted by Gasteiger charge is -2.25. The summed E-state index contributed by atoms with van der Waals surface area (Å²) in [4.78, 5) is 0. The second-order valence-corrected chi connectivity index (χ2v) is 10.2. The second-order valence-electron chi connectivity index (χ2n) is 10.2. The zero-order chi connectivity index (χ0) is 36.7. The van der Waals surface area contributed by atoms with Gasteiger partial charge in [0.25, 0.3) is 0 Å². The van der Waals surface area contributed by atoms with Crippen molar-refractivity contribution in [3.63, 3.8) is 0 Å². The molecule has 0 amide bonds. The Morgan fingerprint density at radius 3 is 1.58 bits per heavy atom. The number of benzene rings is 2. The Balaban J connectivity index is 2.13. The molecule has 0 fully saturated rings. The highest BCUT2D eigenvalue weighted by atomic mass is 19.4. The zero-order valence-corrected chi connectivity index (χ0v) is 24.4. The van der Waals surface area contributed by atoms with E-state index < -0.39 is 103 Å². The summed E-state index contributed by atoms with van der Waals surface area (Å²) in [5.41, 5.74) is -9.51. The highest BCUT2D eigenvalue weighted by Crippen LogP contribution is 2.59. The molecule has 0 aliphatic heterocycles. The van der Waals surface area contributed by atoms with Crippen molar-refractivity contribution in [2.75, 3.05) is 0 Å². The number of halogens is 8. The predicted molar refractivity (Wildman–Crippen MR) is 155 cm³/mol. The Kier molecular flexibility index (Phi) is 8.53. The Hall–Kier alpha value is -7.14. The summed E-state index contributed by atoms with van der Waals surface area (Å²) < 4.78 is 120. The molecule has 0 N–H and O–H groups in total. The molecule has 0 saturated carbocycles. The lowest BCUT2D eigenvalue weighted by atomic mass is 9.77. The maximum absolute atomic E-state index is 16.4. The molecule has 0 aromatic heterocycles. The predicted octanol–water partition coefficient (Wildman–Crippen LogP) is 8.89. The molecule has 0 unspecified atom stereocenters. The smallest absolute Gasteiger partial charge is 0.406 e. The van der Waals surface area contributed by atoms with Crippen LogP contribution in [0.2, 0.25) is 0 Å². The van der Waals surface area contributed by atoms with E-state index in [0.29, 0.717) is 0 Å². The van der Waals surface area contributed by atoms with Crippen molar-refractivity contribution in [2.45, 2.75) is 25.6 Å². The van der Waals surface area contributed by atoms with Crippen LogP contribution in [0.25, 0.3) is 39.0 Å². The van der Waals surface area contributed by atoms with Crippen LogP contribution in [0.1, 0.15) is 40.7 Å². The van der Waals surface area contributed by atoms with E-state index in [1.807, 2.05) is 0 Å². The standard InChI is InChI=1S/C34H10F8N6O2/c35-31-21(13-47)27-23(15-3-1-5-19(7-15)49-33(37,38)39)28-22(14-48)32(36)26(18(11-45)12-46)30(28)24(29(27)25(31)17(9-43)10-44)16-4-2-6-20(8-16)50-34(40,41)42/h2,4-8H,1,3H2. The minimum atomic E-state index is -5.24. The summed E-state index contributed by atoms with van der Waals surface area (Å²) in [6.45, 7) is 0. The second kappa shape index (κ2) is 12.5. The monoisotopic (exact) mass is 686 g/mol. The molecule has 3 aliphatic carbocycles. The van der Waals surface area contributed by atoms with Gasteiger partial charge in [-0.2, -0.15) is 31.6 Å². The van der Waals surface area contributed by atoms with Gasteiger partial charge in [0.2, 0.25) is 0 Å². The first-order valence-electron chi connectivity index (χ1n) is 13.6. The van der Waals surface area contributed by atoms with E-state index in [9.17, 15) is 57.9 Å². The normalized spacial score (nSPS) is 14.9. The number of ether oxygens (including phenoxy) is 2. The SMILES string of the molecule is N#CC(C#N)=C1C(F)=C(C#N)c2c(C3=CC(OC(F)(F)F)=CCC3)c3c(c(-c4cccc(OC(F)(F)F)c4)c21)C(=C(C#N)C#N)C(F)=C3C#N. The molecular weight excluding hydrogens is 676 g/mol. The quantitative estimate of drug-likeness (QED) is 0.228. The molecule has 16 heteroatoms. The molecule has 0 saturated heterocycles. The maximum Gasteiger partial charge on any atom is 0.573 e. The molecule has 0 spiro atoms. The summed E-state index contributed by atoms with van der Waals surface area (Å²) >= 11 is 0. The Morgan fingerprint density at radius 1 is 0.640 bits per heavy atom. The third-order valence-corrected chi connectivity index (χ3v) is 7.54. The fourth-order valence-corrected chi connectivity index (χ4v) is 5.93. The largest absolute Gasteiger partial charge is 0.573 e. The zero-order valence-electron chi connectivity index (χ0n) is 24.4. The molecule has 0 heterocycles. The minimum Gasteiger partial charge on any atom is -0.406 e. The van der Waals surface area contributed by atoms with Gasteiger partial charge in [-0.3, -0.25) is 0 Å². The Labute approximate surface area is 275 Å². The van der Waals surface area contributed by atoms with Crippen molar-refractivity contribution >= 4 is 27.9 Å². The van der Waals surface area contributed by atoms with Crippen molar-refractivity contribution in [3.8, 4) is 53.3 Å². The molecule has 3 aliphatic rings. The van der Waals surface area contributed by atoms with Gasteiger partial charge in [0.15, 0.2) is 11.7 Å². The molecular formula is C34H10F8N6O2. The van der Waals surface area contributed by atoms with Crippen LogP contribution < -0.4 is 4.74 Å².